The molecule has 1 aliphatic heterocycles. The monoisotopic (exact) mass is 444 g/mol. The molecule has 1 heterocycles. The van der Waals surface area contributed by atoms with E-state index in [-0.39, 0.29) is 30.0 Å². The minimum absolute atomic E-state index is 0. The van der Waals surface area contributed by atoms with E-state index < -0.39 is 0 Å². The van der Waals surface area contributed by atoms with Gasteiger partial charge in [-0.15, -0.1) is 24.0 Å². The van der Waals surface area contributed by atoms with Gasteiger partial charge in [-0.1, -0.05) is 30.4 Å². The second kappa shape index (κ2) is 10.6. The van der Waals surface area contributed by atoms with Crippen LogP contribution in [-0.2, 0) is 0 Å². The van der Waals surface area contributed by atoms with Crippen molar-refractivity contribution in [3.8, 4) is 5.75 Å². The van der Waals surface area contributed by atoms with E-state index in [2.05, 4.69) is 27.9 Å². The minimum atomic E-state index is 0. The fourth-order valence-electron chi connectivity index (χ4n) is 2.89. The summed E-state index contributed by atoms with van der Waals surface area (Å²) < 4.78 is 5.54. The third-order valence-electron chi connectivity index (χ3n) is 4.09. The van der Waals surface area contributed by atoms with Crippen LogP contribution in [0.5, 0.6) is 5.75 Å². The summed E-state index contributed by atoms with van der Waals surface area (Å²) in [5.41, 5.74) is 8.17. The van der Waals surface area contributed by atoms with Crippen molar-refractivity contribution in [2.75, 3.05) is 33.3 Å². The zero-order valence-electron chi connectivity index (χ0n) is 14.6. The number of likely N-dealkylation sites (tertiary alicyclic amines) is 1. The summed E-state index contributed by atoms with van der Waals surface area (Å²) in [5.74, 6) is 1.38. The fraction of sp³-hybridized carbons (Fsp3) is 0.500. The number of rotatable bonds is 7. The standard InChI is InChI=1S/C18H28N4O.HI/c1-14(2)12-20-18(19)21-13-16(22-10-6-7-11-22)15-8-4-5-9-17(15)23-3;/h4-5,8-9,16H,1,6-7,10-13H2,2-3H3,(H3,19,20,21);1H. The second-order valence-corrected chi connectivity index (χ2v) is 6.04. The Morgan fingerprint density at radius 2 is 2.04 bits per heavy atom. The quantitative estimate of drug-likeness (QED) is 0.294. The van der Waals surface area contributed by atoms with Gasteiger partial charge in [-0.2, -0.15) is 0 Å². The first-order chi connectivity index (χ1) is 11.1. The van der Waals surface area contributed by atoms with Gasteiger partial charge in [0.2, 0.25) is 0 Å². The van der Waals surface area contributed by atoms with Crippen LogP contribution in [0.2, 0.25) is 0 Å². The molecule has 0 aliphatic carbocycles. The molecule has 0 amide bonds. The van der Waals surface area contributed by atoms with Crippen LogP contribution in [0.1, 0.15) is 31.4 Å². The molecule has 3 N–H and O–H groups in total. The van der Waals surface area contributed by atoms with Crippen LogP contribution in [-0.4, -0.2) is 44.1 Å². The fourth-order valence-corrected chi connectivity index (χ4v) is 2.89. The molecule has 0 spiro atoms. The molecule has 1 aromatic carbocycles. The van der Waals surface area contributed by atoms with Crippen LogP contribution in [0.4, 0.5) is 0 Å². The molecule has 5 nitrogen and oxygen atoms in total. The van der Waals surface area contributed by atoms with Gasteiger partial charge < -0.3 is 15.8 Å². The Kier molecular flexibility index (Phi) is 9.13. The van der Waals surface area contributed by atoms with E-state index in [0.29, 0.717) is 19.0 Å². The van der Waals surface area contributed by atoms with Crippen molar-refractivity contribution >= 4 is 29.9 Å². The molecular weight excluding hydrogens is 415 g/mol. The molecule has 0 radical (unpaired) electrons. The maximum absolute atomic E-state index is 5.97. The van der Waals surface area contributed by atoms with Crippen LogP contribution in [0, 0.1) is 0 Å². The highest BCUT2D eigenvalue weighted by molar-refractivity contribution is 14.0. The highest BCUT2D eigenvalue weighted by atomic mass is 127. The summed E-state index contributed by atoms with van der Waals surface area (Å²) in [6.07, 6.45) is 2.47. The van der Waals surface area contributed by atoms with Crippen molar-refractivity contribution in [3.63, 3.8) is 0 Å². The third kappa shape index (κ3) is 5.98. The summed E-state index contributed by atoms with van der Waals surface area (Å²) in [6, 6.07) is 8.36. The second-order valence-electron chi connectivity index (χ2n) is 6.04. The number of nitrogens with two attached hydrogens (primary N) is 1. The molecule has 0 aromatic heterocycles. The lowest BCUT2D eigenvalue weighted by Gasteiger charge is -2.28. The number of aliphatic imine (C=N–C) groups is 1. The van der Waals surface area contributed by atoms with Gasteiger partial charge in [0.25, 0.3) is 0 Å². The van der Waals surface area contributed by atoms with E-state index in [1.807, 2.05) is 25.1 Å². The Morgan fingerprint density at radius 1 is 1.38 bits per heavy atom. The molecule has 24 heavy (non-hydrogen) atoms. The molecule has 1 unspecified atom stereocenters. The molecule has 6 heteroatoms. The molecule has 1 aromatic rings. The van der Waals surface area contributed by atoms with Gasteiger partial charge in [0.05, 0.1) is 19.7 Å². The Hall–Kier alpha value is -1.28. The Labute approximate surface area is 162 Å². The first kappa shape index (κ1) is 20.8. The predicted molar refractivity (Wildman–Crippen MR) is 111 cm³/mol. The molecular formula is C18H29IN4O. The van der Waals surface area contributed by atoms with Gasteiger partial charge in [0, 0.05) is 12.1 Å². The SMILES string of the molecule is C=C(C)CNC(N)=NCC(c1ccccc1OC)N1CCCC1.I. The topological polar surface area (TPSA) is 62.9 Å². The highest BCUT2D eigenvalue weighted by Gasteiger charge is 2.25. The van der Waals surface area contributed by atoms with E-state index in [1.54, 1.807) is 7.11 Å². The summed E-state index contributed by atoms with van der Waals surface area (Å²) >= 11 is 0. The van der Waals surface area contributed by atoms with Crippen molar-refractivity contribution < 1.29 is 4.74 Å². The molecule has 1 saturated heterocycles. The van der Waals surface area contributed by atoms with Gasteiger partial charge in [0.1, 0.15) is 5.75 Å². The zero-order valence-corrected chi connectivity index (χ0v) is 17.0. The number of methoxy groups -OCH3 is 1. The lowest BCUT2D eigenvalue weighted by molar-refractivity contribution is 0.245. The Bertz CT molecular complexity index is 556. The summed E-state index contributed by atoms with van der Waals surface area (Å²) in [4.78, 5) is 7.00. The van der Waals surface area contributed by atoms with E-state index >= 15 is 0 Å². The first-order valence-electron chi connectivity index (χ1n) is 8.17. The number of benzene rings is 1. The molecule has 1 atom stereocenters. The number of hydrogen-bond donors (Lipinski definition) is 2. The van der Waals surface area contributed by atoms with Crippen molar-refractivity contribution in [1.29, 1.82) is 0 Å². The molecule has 0 saturated carbocycles. The number of nitrogens with zero attached hydrogens (tertiary/aromatic N) is 2. The van der Waals surface area contributed by atoms with Crippen LogP contribution in [0.3, 0.4) is 0 Å². The average Bonchev–Trinajstić information content (AvgIpc) is 3.08. The van der Waals surface area contributed by atoms with Crippen molar-refractivity contribution in [1.82, 2.24) is 10.2 Å². The number of guanidine groups is 1. The number of halogens is 1. The van der Waals surface area contributed by atoms with Crippen LogP contribution < -0.4 is 15.8 Å². The smallest absolute Gasteiger partial charge is 0.188 e. The molecule has 1 fully saturated rings. The third-order valence-corrected chi connectivity index (χ3v) is 4.09. The van der Waals surface area contributed by atoms with E-state index in [1.165, 1.54) is 18.4 Å². The lowest BCUT2D eigenvalue weighted by atomic mass is 10.0. The summed E-state index contributed by atoms with van der Waals surface area (Å²) in [5, 5.41) is 3.09. The number of para-hydroxylation sites is 1. The predicted octanol–water partition coefficient (Wildman–Crippen LogP) is 2.93. The molecule has 2 rings (SSSR count). The van der Waals surface area contributed by atoms with Gasteiger partial charge in [-0.3, -0.25) is 9.89 Å². The Morgan fingerprint density at radius 3 is 2.67 bits per heavy atom. The van der Waals surface area contributed by atoms with Crippen LogP contribution in [0.15, 0.2) is 41.4 Å². The Balaban J connectivity index is 0.00000288. The van der Waals surface area contributed by atoms with E-state index in [0.717, 1.165) is 24.4 Å². The highest BCUT2D eigenvalue weighted by Crippen LogP contribution is 2.31. The van der Waals surface area contributed by atoms with E-state index in [4.69, 9.17) is 10.5 Å². The normalized spacial score (nSPS) is 16.3. The van der Waals surface area contributed by atoms with Crippen molar-refractivity contribution in [3.05, 3.63) is 42.0 Å². The van der Waals surface area contributed by atoms with E-state index in [9.17, 15) is 0 Å². The van der Waals surface area contributed by atoms with Crippen molar-refractivity contribution in [2.24, 2.45) is 10.7 Å². The molecule has 134 valence electrons. The number of nitrogens with one attached hydrogen (secondary N) is 1. The van der Waals surface area contributed by atoms with Crippen LogP contribution >= 0.6 is 24.0 Å². The maximum atomic E-state index is 5.97. The number of ether oxygens (including phenoxy) is 1. The molecule has 1 aliphatic rings. The summed E-state index contributed by atoms with van der Waals surface area (Å²) in [6.45, 7) is 9.28. The van der Waals surface area contributed by atoms with Crippen molar-refractivity contribution in [2.45, 2.75) is 25.8 Å². The maximum Gasteiger partial charge on any atom is 0.188 e. The summed E-state index contributed by atoms with van der Waals surface area (Å²) in [7, 11) is 1.71. The number of hydrogen-bond acceptors (Lipinski definition) is 3. The van der Waals surface area contributed by atoms with Gasteiger partial charge >= 0.3 is 0 Å². The van der Waals surface area contributed by atoms with Crippen LogP contribution in [0.25, 0.3) is 0 Å². The van der Waals surface area contributed by atoms with Gasteiger partial charge in [-0.05, 0) is 38.9 Å². The lowest BCUT2D eigenvalue weighted by Crippen LogP contribution is -2.34. The minimum Gasteiger partial charge on any atom is -0.496 e. The average molecular weight is 444 g/mol. The first-order valence-corrected chi connectivity index (χ1v) is 8.17. The largest absolute Gasteiger partial charge is 0.496 e. The van der Waals surface area contributed by atoms with Gasteiger partial charge in [0.15, 0.2) is 5.96 Å². The molecule has 0 bridgehead atoms. The van der Waals surface area contributed by atoms with Gasteiger partial charge in [-0.25, -0.2) is 0 Å². The zero-order chi connectivity index (χ0) is 16.7.